The third-order valence-corrected chi connectivity index (χ3v) is 3.66. The summed E-state index contributed by atoms with van der Waals surface area (Å²) in [6.07, 6.45) is -1.42. The number of halogens is 4. The van der Waals surface area contributed by atoms with Gasteiger partial charge in [-0.1, -0.05) is 17.7 Å². The van der Waals surface area contributed by atoms with Gasteiger partial charge in [0.15, 0.2) is 11.5 Å². The van der Waals surface area contributed by atoms with Crippen molar-refractivity contribution in [2.24, 2.45) is 0 Å². The fourth-order valence-corrected chi connectivity index (χ4v) is 2.41. The maximum absolute atomic E-state index is 13.6. The molecule has 0 aliphatic carbocycles. The Morgan fingerprint density at radius 1 is 1.19 bits per heavy atom. The highest BCUT2D eigenvalue weighted by Gasteiger charge is 2.41. The minimum Gasteiger partial charge on any atom is -0.310 e. The number of hydrogen-bond acceptors (Lipinski definition) is 5. The lowest BCUT2D eigenvalue weighted by Gasteiger charge is -2.18. The summed E-state index contributed by atoms with van der Waals surface area (Å²) in [7, 11) is 1.33. The molecule has 3 aromatic heterocycles. The molecule has 0 saturated heterocycles. The van der Waals surface area contributed by atoms with E-state index < -0.39 is 23.3 Å². The summed E-state index contributed by atoms with van der Waals surface area (Å²) in [6, 6.07) is 5.60. The van der Waals surface area contributed by atoms with Gasteiger partial charge in [-0.3, -0.25) is 4.79 Å². The lowest BCUT2D eigenvalue weighted by atomic mass is 10.2. The summed E-state index contributed by atoms with van der Waals surface area (Å²) in [5, 5.41) is 10.9. The van der Waals surface area contributed by atoms with E-state index in [1.54, 1.807) is 0 Å². The summed E-state index contributed by atoms with van der Waals surface area (Å²) in [4.78, 5) is 17.4. The number of hydrogen-bond donors (Lipinski definition) is 0. The van der Waals surface area contributed by atoms with Crippen LogP contribution in [0.1, 0.15) is 16.1 Å². The van der Waals surface area contributed by atoms with E-state index in [1.165, 1.54) is 43.7 Å². The predicted octanol–water partition coefficient (Wildman–Crippen LogP) is 3.01. The van der Waals surface area contributed by atoms with Gasteiger partial charge in [-0.25, -0.2) is 9.67 Å². The first kappa shape index (κ1) is 17.8. The van der Waals surface area contributed by atoms with Gasteiger partial charge < -0.3 is 4.90 Å². The molecule has 0 atom stereocenters. The van der Waals surface area contributed by atoms with Crippen LogP contribution in [-0.4, -0.2) is 37.9 Å². The lowest BCUT2D eigenvalue weighted by molar-refractivity contribution is -0.143. The fraction of sp³-hybridized carbons (Fsp3) is 0.133. The van der Waals surface area contributed by atoms with Crippen LogP contribution in [0.25, 0.3) is 5.82 Å². The maximum atomic E-state index is 13.6. The molecular formula is C15H10ClF3N6O. The van der Waals surface area contributed by atoms with Gasteiger partial charge in [-0.2, -0.15) is 28.5 Å². The van der Waals surface area contributed by atoms with Crippen LogP contribution in [0.4, 0.5) is 18.9 Å². The molecule has 0 aliphatic heterocycles. The maximum Gasteiger partial charge on any atom is 0.434 e. The van der Waals surface area contributed by atoms with E-state index in [2.05, 4.69) is 20.3 Å². The molecule has 0 unspecified atom stereocenters. The van der Waals surface area contributed by atoms with Gasteiger partial charge >= 0.3 is 6.18 Å². The van der Waals surface area contributed by atoms with Gasteiger partial charge in [0.05, 0.1) is 29.8 Å². The largest absolute Gasteiger partial charge is 0.434 e. The number of pyridine rings is 1. The fourth-order valence-electron chi connectivity index (χ4n) is 2.25. The second-order valence-electron chi connectivity index (χ2n) is 5.10. The molecule has 134 valence electrons. The first-order chi connectivity index (χ1) is 12.3. The molecule has 0 fully saturated rings. The van der Waals surface area contributed by atoms with Crippen molar-refractivity contribution in [2.45, 2.75) is 6.18 Å². The van der Waals surface area contributed by atoms with Gasteiger partial charge in [0.1, 0.15) is 5.15 Å². The summed E-state index contributed by atoms with van der Waals surface area (Å²) in [5.74, 6) is -1.06. The van der Waals surface area contributed by atoms with E-state index in [0.29, 0.717) is 4.68 Å². The zero-order valence-corrected chi connectivity index (χ0v) is 13.9. The molecular weight excluding hydrogens is 373 g/mol. The van der Waals surface area contributed by atoms with Crippen molar-refractivity contribution in [1.29, 1.82) is 0 Å². The average Bonchev–Trinajstić information content (AvgIpc) is 3.07. The first-order valence-electron chi connectivity index (χ1n) is 7.12. The van der Waals surface area contributed by atoms with Crippen LogP contribution in [0.15, 0.2) is 42.9 Å². The lowest BCUT2D eigenvalue weighted by Crippen LogP contribution is -2.29. The van der Waals surface area contributed by atoms with Gasteiger partial charge in [0, 0.05) is 7.05 Å². The number of carbonyl (C=O) groups is 1. The molecule has 1 amide bonds. The summed E-state index contributed by atoms with van der Waals surface area (Å²) < 4.78 is 41.5. The zero-order chi connectivity index (χ0) is 18.9. The Morgan fingerprint density at radius 2 is 1.96 bits per heavy atom. The molecule has 26 heavy (non-hydrogen) atoms. The number of nitrogens with zero attached hydrogens (tertiary/aromatic N) is 6. The zero-order valence-electron chi connectivity index (χ0n) is 13.1. The van der Waals surface area contributed by atoms with Crippen LogP contribution in [0.5, 0.6) is 0 Å². The van der Waals surface area contributed by atoms with Crippen LogP contribution in [0, 0.1) is 0 Å². The highest BCUT2D eigenvalue weighted by Crippen LogP contribution is 2.34. The normalized spacial score (nSPS) is 11.4. The van der Waals surface area contributed by atoms with Crippen molar-refractivity contribution >= 4 is 23.2 Å². The molecule has 0 N–H and O–H groups in total. The van der Waals surface area contributed by atoms with E-state index in [-0.39, 0.29) is 16.7 Å². The van der Waals surface area contributed by atoms with Gasteiger partial charge in [0.2, 0.25) is 0 Å². The van der Waals surface area contributed by atoms with Crippen molar-refractivity contribution in [3.8, 4) is 5.82 Å². The van der Waals surface area contributed by atoms with E-state index in [1.807, 2.05) is 0 Å². The Morgan fingerprint density at radius 3 is 2.58 bits per heavy atom. The molecule has 0 bridgehead atoms. The van der Waals surface area contributed by atoms with Crippen LogP contribution >= 0.6 is 11.6 Å². The van der Waals surface area contributed by atoms with Gasteiger partial charge in [0.25, 0.3) is 5.91 Å². The van der Waals surface area contributed by atoms with Crippen LogP contribution in [-0.2, 0) is 6.18 Å². The Bertz CT molecular complexity index is 944. The SMILES string of the molecule is CN(C(=O)c1cnn(-c2cccc(Cl)n2)c1C(F)(F)F)c1ccnnc1. The highest BCUT2D eigenvalue weighted by molar-refractivity contribution is 6.29. The molecule has 3 rings (SSSR count). The van der Waals surface area contributed by atoms with Crippen molar-refractivity contribution in [2.75, 3.05) is 11.9 Å². The Balaban J connectivity index is 2.10. The van der Waals surface area contributed by atoms with E-state index in [0.717, 1.165) is 11.1 Å². The van der Waals surface area contributed by atoms with Crippen molar-refractivity contribution in [1.82, 2.24) is 25.0 Å². The molecule has 0 saturated carbocycles. The molecule has 0 radical (unpaired) electrons. The topological polar surface area (TPSA) is 76.8 Å². The number of rotatable bonds is 3. The van der Waals surface area contributed by atoms with Crippen molar-refractivity contribution in [3.05, 3.63) is 59.3 Å². The number of carbonyl (C=O) groups excluding carboxylic acids is 1. The summed E-state index contributed by atoms with van der Waals surface area (Å²) in [5.41, 5.74) is -1.59. The van der Waals surface area contributed by atoms with Crippen LogP contribution in [0.2, 0.25) is 5.15 Å². The van der Waals surface area contributed by atoms with Crippen LogP contribution < -0.4 is 4.90 Å². The molecule has 3 heterocycles. The predicted molar refractivity (Wildman–Crippen MR) is 86.1 cm³/mol. The number of aromatic nitrogens is 5. The number of anilines is 1. The van der Waals surface area contributed by atoms with Crippen molar-refractivity contribution < 1.29 is 18.0 Å². The molecule has 3 aromatic rings. The van der Waals surface area contributed by atoms with E-state index >= 15 is 0 Å². The molecule has 7 nitrogen and oxygen atoms in total. The molecule has 0 spiro atoms. The minimum atomic E-state index is -4.84. The Kier molecular flexibility index (Phi) is 4.60. The summed E-state index contributed by atoms with van der Waals surface area (Å²) in [6.45, 7) is 0. The van der Waals surface area contributed by atoms with Gasteiger partial charge in [-0.05, 0) is 18.2 Å². The molecule has 0 aliphatic rings. The van der Waals surface area contributed by atoms with Gasteiger partial charge in [-0.15, -0.1) is 0 Å². The van der Waals surface area contributed by atoms with Crippen LogP contribution in [0.3, 0.4) is 0 Å². The highest BCUT2D eigenvalue weighted by atomic mass is 35.5. The standard InChI is InChI=1S/C15H10ClF3N6O/c1-24(9-5-6-20-21-7-9)14(26)10-8-22-25(13(10)15(17,18)19)12-4-2-3-11(16)23-12/h2-8H,1H3. The Hall–Kier alpha value is -3.01. The second kappa shape index (κ2) is 6.71. The summed E-state index contributed by atoms with van der Waals surface area (Å²) >= 11 is 5.74. The Labute approximate surface area is 150 Å². The average molecular weight is 383 g/mol. The van der Waals surface area contributed by atoms with E-state index in [9.17, 15) is 18.0 Å². The third kappa shape index (κ3) is 3.36. The first-order valence-corrected chi connectivity index (χ1v) is 7.49. The minimum absolute atomic E-state index is 0.000945. The number of alkyl halides is 3. The number of amides is 1. The quantitative estimate of drug-likeness (QED) is 0.651. The molecule has 11 heteroatoms. The van der Waals surface area contributed by atoms with E-state index in [4.69, 9.17) is 11.6 Å². The smallest absolute Gasteiger partial charge is 0.310 e. The van der Waals surface area contributed by atoms with Crippen molar-refractivity contribution in [3.63, 3.8) is 0 Å². The monoisotopic (exact) mass is 382 g/mol. The third-order valence-electron chi connectivity index (χ3n) is 3.45. The second-order valence-corrected chi connectivity index (χ2v) is 5.49. The molecule has 0 aromatic carbocycles.